The monoisotopic (exact) mass is 393 g/mol. The van der Waals surface area contributed by atoms with Gasteiger partial charge in [-0.15, -0.1) is 0 Å². The zero-order valence-electron chi connectivity index (χ0n) is 11.5. The number of nitrogens with one attached hydrogen (secondary N) is 1. The summed E-state index contributed by atoms with van der Waals surface area (Å²) in [4.78, 5) is 22.2. The van der Waals surface area contributed by atoms with Gasteiger partial charge in [0.15, 0.2) is 0 Å². The highest BCUT2D eigenvalue weighted by atomic mass is 79.9. The summed E-state index contributed by atoms with van der Waals surface area (Å²) in [6.07, 6.45) is 1.21. The van der Waals surface area contributed by atoms with Gasteiger partial charge in [-0.3, -0.25) is 10.1 Å². The lowest BCUT2D eigenvalue weighted by molar-refractivity contribution is -0.115. The van der Waals surface area contributed by atoms with Crippen LogP contribution in [0.2, 0.25) is 5.02 Å². The lowest BCUT2D eigenvalue weighted by Crippen LogP contribution is -2.35. The number of benzene rings is 1. The van der Waals surface area contributed by atoms with E-state index in [0.29, 0.717) is 10.8 Å². The molecule has 3 amide bonds. The normalized spacial score (nSPS) is 10.9. The molecule has 0 saturated heterocycles. The number of hydrogen-bond acceptors (Lipinski definition) is 4. The topological polar surface area (TPSA) is 109 Å². The Hall–Kier alpha value is -2.56. The lowest BCUT2D eigenvalue weighted by atomic mass is 10.2. The zero-order valence-corrected chi connectivity index (χ0v) is 13.8. The summed E-state index contributed by atoms with van der Waals surface area (Å²) in [5.41, 5.74) is 5.27. The molecule has 0 aliphatic carbocycles. The number of nitrogens with zero attached hydrogens (tertiary/aromatic N) is 1. The maximum absolute atomic E-state index is 11.6. The maximum Gasteiger partial charge on any atom is 0.319 e. The van der Waals surface area contributed by atoms with Gasteiger partial charge < -0.3 is 10.2 Å². The number of nitrogens with two attached hydrogens (primary N) is 1. The molecule has 0 radical (unpaired) electrons. The van der Waals surface area contributed by atoms with Crippen molar-refractivity contribution in [2.75, 3.05) is 0 Å². The van der Waals surface area contributed by atoms with Gasteiger partial charge in [-0.1, -0.05) is 17.7 Å². The molecule has 0 atom stereocenters. The molecule has 23 heavy (non-hydrogen) atoms. The molecular formula is C15H9BrClN3O3. The number of hydrogen-bond donors (Lipinski definition) is 2. The third kappa shape index (κ3) is 4.22. The molecule has 0 bridgehead atoms. The Morgan fingerprint density at radius 1 is 1.35 bits per heavy atom. The second kappa shape index (κ2) is 7.13. The van der Waals surface area contributed by atoms with Crippen LogP contribution >= 0.6 is 27.5 Å². The Labute approximate surface area is 144 Å². The van der Waals surface area contributed by atoms with Gasteiger partial charge in [-0.25, -0.2) is 4.79 Å². The molecular weight excluding hydrogens is 386 g/mol. The maximum atomic E-state index is 11.6. The van der Waals surface area contributed by atoms with Crippen LogP contribution in [0.5, 0.6) is 0 Å². The quantitative estimate of drug-likeness (QED) is 0.613. The minimum atomic E-state index is -1.04. The van der Waals surface area contributed by atoms with E-state index in [9.17, 15) is 9.59 Å². The highest BCUT2D eigenvalue weighted by Gasteiger charge is 2.12. The van der Waals surface area contributed by atoms with Crippen molar-refractivity contribution >= 4 is 45.5 Å². The van der Waals surface area contributed by atoms with Crippen molar-refractivity contribution < 1.29 is 14.0 Å². The fraction of sp³-hybridized carbons (Fsp3) is 0. The summed E-state index contributed by atoms with van der Waals surface area (Å²) in [7, 11) is 0. The van der Waals surface area contributed by atoms with Gasteiger partial charge in [0.1, 0.15) is 23.2 Å². The van der Waals surface area contributed by atoms with Crippen molar-refractivity contribution in [3.8, 4) is 17.4 Å². The zero-order chi connectivity index (χ0) is 17.0. The molecule has 2 aromatic rings. The van der Waals surface area contributed by atoms with Gasteiger partial charge in [0.2, 0.25) is 0 Å². The Bertz CT molecular complexity index is 852. The molecule has 6 nitrogen and oxygen atoms in total. The van der Waals surface area contributed by atoms with Crippen LogP contribution in [-0.2, 0) is 4.79 Å². The van der Waals surface area contributed by atoms with Crippen LogP contribution in [0.1, 0.15) is 5.76 Å². The van der Waals surface area contributed by atoms with E-state index in [0.717, 1.165) is 10.0 Å². The number of imide groups is 1. The first-order valence-electron chi connectivity index (χ1n) is 6.18. The predicted octanol–water partition coefficient (Wildman–Crippen LogP) is 3.46. The Balaban J connectivity index is 2.29. The van der Waals surface area contributed by atoms with E-state index in [1.165, 1.54) is 6.08 Å². The molecule has 0 aliphatic rings. The van der Waals surface area contributed by atoms with E-state index in [4.69, 9.17) is 27.0 Å². The fourth-order valence-corrected chi connectivity index (χ4v) is 2.13. The van der Waals surface area contributed by atoms with Crippen LogP contribution < -0.4 is 11.1 Å². The first-order valence-corrected chi connectivity index (χ1v) is 7.35. The number of nitriles is 1. The summed E-state index contributed by atoms with van der Waals surface area (Å²) in [5, 5.41) is 11.3. The molecule has 8 heteroatoms. The van der Waals surface area contributed by atoms with Crippen LogP contribution in [-0.4, -0.2) is 11.9 Å². The molecule has 0 fully saturated rings. The molecule has 0 saturated carbocycles. The fourth-order valence-electron chi connectivity index (χ4n) is 1.71. The molecule has 2 rings (SSSR count). The van der Waals surface area contributed by atoms with E-state index in [1.807, 2.05) is 5.32 Å². The molecule has 0 spiro atoms. The Morgan fingerprint density at radius 2 is 2.09 bits per heavy atom. The van der Waals surface area contributed by atoms with E-state index < -0.39 is 11.9 Å². The summed E-state index contributed by atoms with van der Waals surface area (Å²) in [6, 6.07) is 9.18. The predicted molar refractivity (Wildman–Crippen MR) is 88.2 cm³/mol. The van der Waals surface area contributed by atoms with Crippen molar-refractivity contribution in [1.82, 2.24) is 5.32 Å². The minimum absolute atomic E-state index is 0.273. The van der Waals surface area contributed by atoms with Crippen LogP contribution in [0.3, 0.4) is 0 Å². The number of primary amides is 1. The minimum Gasteiger partial charge on any atom is -0.457 e. The van der Waals surface area contributed by atoms with Crippen molar-refractivity contribution in [1.29, 1.82) is 5.26 Å². The number of rotatable bonds is 3. The van der Waals surface area contributed by atoms with Gasteiger partial charge in [-0.05, 0) is 40.2 Å². The molecule has 1 aromatic carbocycles. The van der Waals surface area contributed by atoms with Crippen molar-refractivity contribution in [2.45, 2.75) is 0 Å². The van der Waals surface area contributed by atoms with Crippen molar-refractivity contribution in [3.63, 3.8) is 0 Å². The Morgan fingerprint density at radius 3 is 2.70 bits per heavy atom. The largest absolute Gasteiger partial charge is 0.457 e. The third-order valence-electron chi connectivity index (χ3n) is 2.72. The highest BCUT2D eigenvalue weighted by Crippen LogP contribution is 2.30. The Kier molecular flexibility index (Phi) is 5.21. The van der Waals surface area contributed by atoms with Gasteiger partial charge in [0, 0.05) is 16.1 Å². The number of carbonyl (C=O) groups is 2. The lowest BCUT2D eigenvalue weighted by Gasteiger charge is -2.00. The molecule has 3 N–H and O–H groups in total. The summed E-state index contributed by atoms with van der Waals surface area (Å²) in [6.45, 7) is 0. The molecule has 1 aromatic heterocycles. The number of furan rings is 1. The number of amides is 3. The third-order valence-corrected chi connectivity index (χ3v) is 3.95. The molecule has 1 heterocycles. The summed E-state index contributed by atoms with van der Waals surface area (Å²) < 4.78 is 6.31. The van der Waals surface area contributed by atoms with Crippen molar-refractivity contribution in [2.24, 2.45) is 5.73 Å². The second-order valence-corrected chi connectivity index (χ2v) is 5.58. The average molecular weight is 395 g/mol. The smallest absolute Gasteiger partial charge is 0.319 e. The summed E-state index contributed by atoms with van der Waals surface area (Å²) in [5.74, 6) is -0.113. The van der Waals surface area contributed by atoms with Crippen LogP contribution in [0, 0.1) is 11.3 Å². The van der Waals surface area contributed by atoms with Crippen molar-refractivity contribution in [3.05, 3.63) is 51.2 Å². The second-order valence-electron chi connectivity index (χ2n) is 4.32. The van der Waals surface area contributed by atoms with Crippen LogP contribution in [0.15, 0.2) is 44.8 Å². The first kappa shape index (κ1) is 16.8. The molecule has 0 unspecified atom stereocenters. The number of halogens is 2. The average Bonchev–Trinajstić information content (AvgIpc) is 2.95. The van der Waals surface area contributed by atoms with E-state index in [2.05, 4.69) is 15.9 Å². The molecule has 0 aliphatic heterocycles. The van der Waals surface area contributed by atoms with E-state index in [-0.39, 0.29) is 11.3 Å². The van der Waals surface area contributed by atoms with Crippen LogP contribution in [0.25, 0.3) is 17.4 Å². The van der Waals surface area contributed by atoms with E-state index >= 15 is 0 Å². The number of carbonyl (C=O) groups excluding carboxylic acids is 2. The van der Waals surface area contributed by atoms with Gasteiger partial charge in [0.25, 0.3) is 5.91 Å². The van der Waals surface area contributed by atoms with Crippen LogP contribution in [0.4, 0.5) is 4.79 Å². The van der Waals surface area contributed by atoms with E-state index in [1.54, 1.807) is 36.4 Å². The molecule has 116 valence electrons. The first-order chi connectivity index (χ1) is 10.9. The van der Waals surface area contributed by atoms with Gasteiger partial charge in [-0.2, -0.15) is 5.26 Å². The standard InChI is InChI=1S/C15H9BrClN3O3/c16-11-3-1-8(6-12(11)17)13-4-2-10(23-13)5-9(7-18)14(21)20-15(19)22/h1-6H,(H3,19,20,21,22)/b9-5-. The SMILES string of the molecule is N#C/C(=C/c1ccc(-c2ccc(Br)c(Cl)c2)o1)C(=O)NC(N)=O. The van der Waals surface area contributed by atoms with Gasteiger partial charge >= 0.3 is 6.03 Å². The van der Waals surface area contributed by atoms with Gasteiger partial charge in [0.05, 0.1) is 5.02 Å². The highest BCUT2D eigenvalue weighted by molar-refractivity contribution is 9.10. The number of urea groups is 1. The summed E-state index contributed by atoms with van der Waals surface area (Å²) >= 11 is 9.32.